The molecule has 0 spiro atoms. The number of hydrogen-bond acceptors (Lipinski definition) is 3. The molecule has 0 unspecified atom stereocenters. The molecule has 1 aromatic carbocycles. The minimum atomic E-state index is -0.402. The normalized spacial score (nSPS) is 10.4. The van der Waals surface area contributed by atoms with Crippen molar-refractivity contribution < 1.29 is 4.39 Å². The Bertz CT molecular complexity index is 565. The van der Waals surface area contributed by atoms with Gasteiger partial charge in [0.05, 0.1) is 15.2 Å². The van der Waals surface area contributed by atoms with Crippen LogP contribution in [0.1, 0.15) is 0 Å². The number of aromatic nitrogens is 2. The summed E-state index contributed by atoms with van der Waals surface area (Å²) >= 11 is 14.9. The van der Waals surface area contributed by atoms with Gasteiger partial charge >= 0.3 is 0 Å². The van der Waals surface area contributed by atoms with E-state index in [2.05, 4.69) is 31.2 Å². The van der Waals surface area contributed by atoms with E-state index in [1.54, 1.807) is 0 Å². The fraction of sp³-hybridized carbons (Fsp3) is 0. The molecule has 1 N–H and O–H groups in total. The molecule has 17 heavy (non-hydrogen) atoms. The van der Waals surface area contributed by atoms with Crippen LogP contribution in [0.25, 0.3) is 0 Å². The second kappa shape index (κ2) is 5.16. The van der Waals surface area contributed by atoms with Crippen LogP contribution in [0.3, 0.4) is 0 Å². The predicted molar refractivity (Wildman–Crippen MR) is 69.4 cm³/mol. The third kappa shape index (κ3) is 2.86. The maximum Gasteiger partial charge on any atom is 0.149 e. The number of nitrogens with zero attached hydrogens (tertiary/aromatic N) is 2. The van der Waals surface area contributed by atoms with Crippen molar-refractivity contribution >= 4 is 50.6 Å². The zero-order valence-corrected chi connectivity index (χ0v) is 11.3. The van der Waals surface area contributed by atoms with Crippen molar-refractivity contribution in [3.63, 3.8) is 0 Å². The Hall–Kier alpha value is -0.910. The molecule has 0 bridgehead atoms. The maximum atomic E-state index is 12.9. The van der Waals surface area contributed by atoms with E-state index in [4.69, 9.17) is 23.2 Å². The Balaban J connectivity index is 2.35. The summed E-state index contributed by atoms with van der Waals surface area (Å²) in [5.41, 5.74) is 0.531. The highest BCUT2D eigenvalue weighted by molar-refractivity contribution is 9.10. The van der Waals surface area contributed by atoms with Crippen LogP contribution in [0.15, 0.2) is 29.0 Å². The molecule has 2 aromatic rings. The van der Waals surface area contributed by atoms with Crippen LogP contribution in [0.5, 0.6) is 0 Å². The molecule has 0 aliphatic carbocycles. The fourth-order valence-electron chi connectivity index (χ4n) is 1.15. The molecule has 0 saturated heterocycles. The average Bonchev–Trinajstić information content (AvgIpc) is 2.28. The van der Waals surface area contributed by atoms with E-state index >= 15 is 0 Å². The summed E-state index contributed by atoms with van der Waals surface area (Å²) in [6, 6.07) is 4.02. The number of benzene rings is 1. The highest BCUT2D eigenvalue weighted by Crippen LogP contribution is 2.31. The number of anilines is 2. The molecule has 0 amide bonds. The first kappa shape index (κ1) is 12.5. The monoisotopic (exact) mass is 335 g/mol. The number of hydrogen-bond donors (Lipinski definition) is 1. The summed E-state index contributed by atoms with van der Waals surface area (Å²) in [6.45, 7) is 0. The van der Waals surface area contributed by atoms with Crippen molar-refractivity contribution in [2.24, 2.45) is 0 Å². The molecule has 0 atom stereocenters. The standard InChI is InChI=1S/C10H5BrCl2FN3/c11-8-9(13)15-4-16-10(8)17-7-2-1-5(14)3-6(7)12/h1-4H,(H,15,16,17). The van der Waals surface area contributed by atoms with Crippen LogP contribution < -0.4 is 5.32 Å². The van der Waals surface area contributed by atoms with Crippen molar-refractivity contribution in [1.82, 2.24) is 9.97 Å². The van der Waals surface area contributed by atoms with Crippen LogP contribution in [-0.2, 0) is 0 Å². The Morgan fingerprint density at radius 3 is 2.71 bits per heavy atom. The van der Waals surface area contributed by atoms with E-state index < -0.39 is 5.82 Å². The highest BCUT2D eigenvalue weighted by atomic mass is 79.9. The van der Waals surface area contributed by atoms with Gasteiger partial charge in [-0.1, -0.05) is 23.2 Å². The summed E-state index contributed by atoms with van der Waals surface area (Å²) in [7, 11) is 0. The molecule has 0 aliphatic rings. The zero-order valence-electron chi connectivity index (χ0n) is 8.22. The molecule has 0 aliphatic heterocycles. The van der Waals surface area contributed by atoms with Crippen LogP contribution in [-0.4, -0.2) is 9.97 Å². The smallest absolute Gasteiger partial charge is 0.149 e. The molecule has 1 aromatic heterocycles. The van der Waals surface area contributed by atoms with Gasteiger partial charge in [-0.15, -0.1) is 0 Å². The molecule has 7 heteroatoms. The van der Waals surface area contributed by atoms with E-state index in [0.29, 0.717) is 16.0 Å². The lowest BCUT2D eigenvalue weighted by molar-refractivity contribution is 0.628. The molecule has 2 rings (SSSR count). The zero-order chi connectivity index (χ0) is 12.4. The lowest BCUT2D eigenvalue weighted by atomic mass is 10.3. The minimum Gasteiger partial charge on any atom is -0.338 e. The average molecular weight is 337 g/mol. The lowest BCUT2D eigenvalue weighted by Gasteiger charge is -2.09. The number of rotatable bonds is 2. The van der Waals surface area contributed by atoms with E-state index in [0.717, 1.165) is 0 Å². The van der Waals surface area contributed by atoms with E-state index in [1.165, 1.54) is 24.5 Å². The Morgan fingerprint density at radius 2 is 2.00 bits per heavy atom. The first-order valence-electron chi connectivity index (χ1n) is 4.46. The largest absolute Gasteiger partial charge is 0.338 e. The second-order valence-electron chi connectivity index (χ2n) is 3.08. The number of nitrogens with one attached hydrogen (secondary N) is 1. The van der Waals surface area contributed by atoms with Crippen molar-refractivity contribution in [1.29, 1.82) is 0 Å². The molecular formula is C10H5BrCl2FN3. The van der Waals surface area contributed by atoms with E-state index in [9.17, 15) is 4.39 Å². The van der Waals surface area contributed by atoms with Gasteiger partial charge in [0.1, 0.15) is 23.1 Å². The van der Waals surface area contributed by atoms with Crippen molar-refractivity contribution in [3.8, 4) is 0 Å². The van der Waals surface area contributed by atoms with Crippen LogP contribution in [0.4, 0.5) is 15.9 Å². The van der Waals surface area contributed by atoms with Crippen LogP contribution >= 0.6 is 39.1 Å². The first-order chi connectivity index (χ1) is 8.08. The van der Waals surface area contributed by atoms with Crippen molar-refractivity contribution in [2.75, 3.05) is 5.32 Å². The second-order valence-corrected chi connectivity index (χ2v) is 4.63. The summed E-state index contributed by atoms with van der Waals surface area (Å²) in [5, 5.41) is 3.46. The summed E-state index contributed by atoms with van der Waals surface area (Å²) in [5.74, 6) is 0.0545. The first-order valence-corrected chi connectivity index (χ1v) is 6.01. The fourth-order valence-corrected chi connectivity index (χ4v) is 1.81. The summed E-state index contributed by atoms with van der Waals surface area (Å²) in [6.07, 6.45) is 1.31. The van der Waals surface area contributed by atoms with Crippen molar-refractivity contribution in [3.05, 3.63) is 45.0 Å². The summed E-state index contributed by atoms with van der Waals surface area (Å²) in [4.78, 5) is 7.78. The Labute approximate surface area is 115 Å². The van der Waals surface area contributed by atoms with E-state index in [-0.39, 0.29) is 10.2 Å². The summed E-state index contributed by atoms with van der Waals surface area (Å²) < 4.78 is 13.4. The van der Waals surface area contributed by atoms with E-state index in [1.807, 2.05) is 0 Å². The SMILES string of the molecule is Fc1ccc(Nc2ncnc(Cl)c2Br)c(Cl)c1. The molecule has 0 fully saturated rings. The van der Waals surface area contributed by atoms with Gasteiger partial charge in [0.25, 0.3) is 0 Å². The van der Waals surface area contributed by atoms with Gasteiger partial charge in [0.15, 0.2) is 0 Å². The molecule has 88 valence electrons. The molecule has 3 nitrogen and oxygen atoms in total. The Morgan fingerprint density at radius 1 is 1.24 bits per heavy atom. The molecular weight excluding hydrogens is 332 g/mol. The van der Waals surface area contributed by atoms with Gasteiger partial charge < -0.3 is 5.32 Å². The van der Waals surface area contributed by atoms with Gasteiger partial charge in [0.2, 0.25) is 0 Å². The molecule has 0 radical (unpaired) electrons. The predicted octanol–water partition coefficient (Wildman–Crippen LogP) is 4.43. The molecule has 1 heterocycles. The third-order valence-corrected chi connectivity index (χ3v) is 3.51. The van der Waals surface area contributed by atoms with Crippen LogP contribution in [0, 0.1) is 5.82 Å². The molecule has 0 saturated carbocycles. The minimum absolute atomic E-state index is 0.256. The topological polar surface area (TPSA) is 37.8 Å². The Kier molecular flexibility index (Phi) is 3.81. The van der Waals surface area contributed by atoms with Gasteiger partial charge in [-0.25, -0.2) is 14.4 Å². The van der Waals surface area contributed by atoms with Gasteiger partial charge in [-0.2, -0.15) is 0 Å². The van der Waals surface area contributed by atoms with Gasteiger partial charge in [-0.3, -0.25) is 0 Å². The van der Waals surface area contributed by atoms with Gasteiger partial charge in [-0.05, 0) is 34.1 Å². The quantitative estimate of drug-likeness (QED) is 0.824. The van der Waals surface area contributed by atoms with Crippen LogP contribution in [0.2, 0.25) is 10.2 Å². The third-order valence-electron chi connectivity index (χ3n) is 1.93. The van der Waals surface area contributed by atoms with Crippen molar-refractivity contribution in [2.45, 2.75) is 0 Å². The van der Waals surface area contributed by atoms with Gasteiger partial charge in [0, 0.05) is 0 Å². The number of halogens is 4. The lowest BCUT2D eigenvalue weighted by Crippen LogP contribution is -1.97. The highest BCUT2D eigenvalue weighted by Gasteiger charge is 2.09. The maximum absolute atomic E-state index is 12.9.